The van der Waals surface area contributed by atoms with Gasteiger partial charge in [0, 0.05) is 30.7 Å². The summed E-state index contributed by atoms with van der Waals surface area (Å²) in [4.78, 5) is 16.8. The molecule has 2 atom stereocenters. The van der Waals surface area contributed by atoms with E-state index in [1.807, 2.05) is 38.1 Å². The molecule has 1 aliphatic rings. The van der Waals surface area contributed by atoms with Gasteiger partial charge in [-0.3, -0.25) is 9.69 Å². The highest BCUT2D eigenvalue weighted by Gasteiger charge is 2.28. The Bertz CT molecular complexity index is 497. The molecule has 1 aromatic rings. The van der Waals surface area contributed by atoms with Crippen LogP contribution in [0.3, 0.4) is 0 Å². The molecular formula is C17H27BrClN3O. The second-order valence-corrected chi connectivity index (χ2v) is 7.04. The zero-order chi connectivity index (χ0) is 16.1. The van der Waals surface area contributed by atoms with Crippen LogP contribution in [0.15, 0.2) is 28.7 Å². The molecule has 23 heavy (non-hydrogen) atoms. The first kappa shape index (κ1) is 20.4. The van der Waals surface area contributed by atoms with Gasteiger partial charge in [0.25, 0.3) is 0 Å². The Morgan fingerprint density at radius 3 is 2.70 bits per heavy atom. The molecule has 1 aromatic carbocycles. The Kier molecular flexibility index (Phi) is 8.54. The Hall–Kier alpha value is -0.620. The van der Waals surface area contributed by atoms with Gasteiger partial charge in [0.05, 0.1) is 6.04 Å². The maximum atomic E-state index is 12.7. The van der Waals surface area contributed by atoms with Crippen LogP contribution in [0, 0.1) is 0 Å². The molecule has 1 saturated heterocycles. The molecule has 1 N–H and O–H groups in total. The first-order chi connectivity index (χ1) is 10.5. The van der Waals surface area contributed by atoms with Gasteiger partial charge in [0.1, 0.15) is 0 Å². The van der Waals surface area contributed by atoms with Crippen LogP contribution in [0.4, 0.5) is 0 Å². The first-order valence-electron chi connectivity index (χ1n) is 7.92. The van der Waals surface area contributed by atoms with E-state index in [-0.39, 0.29) is 24.4 Å². The van der Waals surface area contributed by atoms with E-state index in [2.05, 4.69) is 38.3 Å². The van der Waals surface area contributed by atoms with Crippen LogP contribution >= 0.6 is 28.3 Å². The highest BCUT2D eigenvalue weighted by Crippen LogP contribution is 2.16. The van der Waals surface area contributed by atoms with Crippen molar-refractivity contribution in [1.29, 1.82) is 0 Å². The van der Waals surface area contributed by atoms with Gasteiger partial charge in [0.2, 0.25) is 5.91 Å². The van der Waals surface area contributed by atoms with Crippen LogP contribution in [0.2, 0.25) is 0 Å². The summed E-state index contributed by atoms with van der Waals surface area (Å²) >= 11 is 3.44. The number of nitrogens with zero attached hydrogens (tertiary/aromatic N) is 2. The number of amides is 1. The minimum Gasteiger partial charge on any atom is -0.340 e. The summed E-state index contributed by atoms with van der Waals surface area (Å²) in [7, 11) is 3.89. The third-order valence-corrected chi connectivity index (χ3v) is 5.00. The monoisotopic (exact) mass is 403 g/mol. The first-order valence-corrected chi connectivity index (χ1v) is 8.71. The zero-order valence-corrected chi connectivity index (χ0v) is 16.5. The van der Waals surface area contributed by atoms with Crippen molar-refractivity contribution in [2.24, 2.45) is 0 Å². The van der Waals surface area contributed by atoms with Crippen LogP contribution in [-0.4, -0.2) is 55.0 Å². The topological polar surface area (TPSA) is 35.6 Å². The van der Waals surface area contributed by atoms with Crippen LogP contribution in [0.25, 0.3) is 0 Å². The third kappa shape index (κ3) is 5.75. The van der Waals surface area contributed by atoms with Crippen LogP contribution in [0.1, 0.15) is 25.3 Å². The van der Waals surface area contributed by atoms with Gasteiger partial charge in [-0.2, -0.15) is 0 Å². The number of likely N-dealkylation sites (tertiary alicyclic amines) is 1. The quantitative estimate of drug-likeness (QED) is 0.819. The predicted molar refractivity (Wildman–Crippen MR) is 101 cm³/mol. The smallest absolute Gasteiger partial charge is 0.239 e. The molecule has 1 amide bonds. The molecule has 1 fully saturated rings. The summed E-state index contributed by atoms with van der Waals surface area (Å²) in [5.74, 6) is 0.194. The standard InChI is InChI=1S/C17H26BrN3O.ClH/c1-13(21-10-4-5-16(12-21)19-2)17(22)20(3)11-14-6-8-15(18)9-7-14;/h6-9,13,16,19H,4-5,10-12H2,1-3H3;1H. The maximum Gasteiger partial charge on any atom is 0.239 e. The van der Waals surface area contributed by atoms with Crippen molar-refractivity contribution in [3.63, 3.8) is 0 Å². The maximum absolute atomic E-state index is 12.7. The number of carbonyl (C=O) groups is 1. The molecule has 0 bridgehead atoms. The van der Waals surface area contributed by atoms with Gasteiger partial charge in [-0.1, -0.05) is 28.1 Å². The van der Waals surface area contributed by atoms with Gasteiger partial charge in [0.15, 0.2) is 0 Å². The van der Waals surface area contributed by atoms with Crippen molar-refractivity contribution >= 4 is 34.2 Å². The lowest BCUT2D eigenvalue weighted by atomic mass is 10.0. The molecule has 0 spiro atoms. The lowest BCUT2D eigenvalue weighted by molar-refractivity contribution is -0.136. The van der Waals surface area contributed by atoms with E-state index in [0.717, 1.165) is 29.5 Å². The Morgan fingerprint density at radius 2 is 2.09 bits per heavy atom. The summed E-state index contributed by atoms with van der Waals surface area (Å²) in [5.41, 5.74) is 1.15. The lowest BCUT2D eigenvalue weighted by Gasteiger charge is -2.37. The molecule has 0 aliphatic carbocycles. The molecule has 130 valence electrons. The van der Waals surface area contributed by atoms with Gasteiger partial charge in [-0.15, -0.1) is 12.4 Å². The highest BCUT2D eigenvalue weighted by atomic mass is 79.9. The van der Waals surface area contributed by atoms with Crippen molar-refractivity contribution in [1.82, 2.24) is 15.1 Å². The predicted octanol–water partition coefficient (Wildman–Crippen LogP) is 2.90. The number of hydrogen-bond donors (Lipinski definition) is 1. The fourth-order valence-corrected chi connectivity index (χ4v) is 3.27. The molecule has 1 heterocycles. The largest absolute Gasteiger partial charge is 0.340 e. The normalized spacial score (nSPS) is 19.7. The van der Waals surface area contributed by atoms with Crippen molar-refractivity contribution in [3.05, 3.63) is 34.3 Å². The van der Waals surface area contributed by atoms with E-state index in [0.29, 0.717) is 12.6 Å². The van der Waals surface area contributed by atoms with Gasteiger partial charge in [-0.25, -0.2) is 0 Å². The summed E-state index contributed by atoms with van der Waals surface area (Å²) < 4.78 is 1.06. The Balaban J connectivity index is 0.00000264. The van der Waals surface area contributed by atoms with E-state index in [1.165, 1.54) is 6.42 Å². The summed E-state index contributed by atoms with van der Waals surface area (Å²) in [6, 6.07) is 8.57. The van der Waals surface area contributed by atoms with Crippen molar-refractivity contribution in [2.45, 2.75) is 38.4 Å². The van der Waals surface area contributed by atoms with Crippen LogP contribution in [0.5, 0.6) is 0 Å². The Labute approximate surface area is 154 Å². The molecule has 0 saturated carbocycles. The van der Waals surface area contributed by atoms with Crippen molar-refractivity contribution < 1.29 is 4.79 Å². The number of piperidine rings is 1. The fraction of sp³-hybridized carbons (Fsp3) is 0.588. The number of hydrogen-bond acceptors (Lipinski definition) is 3. The summed E-state index contributed by atoms with van der Waals surface area (Å²) in [6.07, 6.45) is 2.35. The van der Waals surface area contributed by atoms with Crippen LogP contribution in [-0.2, 0) is 11.3 Å². The van der Waals surface area contributed by atoms with Gasteiger partial charge in [-0.05, 0) is 51.1 Å². The molecule has 4 nitrogen and oxygen atoms in total. The number of rotatable bonds is 5. The molecule has 6 heteroatoms. The number of likely N-dealkylation sites (N-methyl/N-ethyl adjacent to an activating group) is 2. The summed E-state index contributed by atoms with van der Waals surface area (Å²) in [5, 5.41) is 3.33. The highest BCUT2D eigenvalue weighted by molar-refractivity contribution is 9.10. The van der Waals surface area contributed by atoms with Crippen LogP contribution < -0.4 is 5.32 Å². The number of halogens is 2. The second-order valence-electron chi connectivity index (χ2n) is 6.12. The van der Waals surface area contributed by atoms with E-state index in [1.54, 1.807) is 0 Å². The van der Waals surface area contributed by atoms with Gasteiger partial charge < -0.3 is 10.2 Å². The Morgan fingerprint density at radius 1 is 1.43 bits per heavy atom. The fourth-order valence-electron chi connectivity index (χ4n) is 3.01. The van der Waals surface area contributed by atoms with E-state index >= 15 is 0 Å². The number of nitrogens with one attached hydrogen (secondary N) is 1. The minimum absolute atomic E-state index is 0. The average Bonchev–Trinajstić information content (AvgIpc) is 2.55. The summed E-state index contributed by atoms with van der Waals surface area (Å²) in [6.45, 7) is 4.64. The average molecular weight is 405 g/mol. The third-order valence-electron chi connectivity index (χ3n) is 4.48. The molecular weight excluding hydrogens is 378 g/mol. The van der Waals surface area contributed by atoms with E-state index in [9.17, 15) is 4.79 Å². The second kappa shape index (κ2) is 9.62. The van der Waals surface area contributed by atoms with E-state index < -0.39 is 0 Å². The molecule has 2 unspecified atom stereocenters. The number of carbonyl (C=O) groups excluding carboxylic acids is 1. The lowest BCUT2D eigenvalue weighted by Crippen LogP contribution is -2.52. The zero-order valence-electron chi connectivity index (χ0n) is 14.1. The van der Waals surface area contributed by atoms with Crippen molar-refractivity contribution in [3.8, 4) is 0 Å². The number of benzene rings is 1. The molecule has 0 radical (unpaired) electrons. The van der Waals surface area contributed by atoms with E-state index in [4.69, 9.17) is 0 Å². The van der Waals surface area contributed by atoms with Gasteiger partial charge >= 0.3 is 0 Å². The SMILES string of the molecule is CNC1CCCN(C(C)C(=O)N(C)Cc2ccc(Br)cc2)C1.Cl. The van der Waals surface area contributed by atoms with Crippen molar-refractivity contribution in [2.75, 3.05) is 27.2 Å². The molecule has 0 aromatic heterocycles. The minimum atomic E-state index is -0.0587. The molecule has 1 aliphatic heterocycles. The molecule has 2 rings (SSSR count).